The van der Waals surface area contributed by atoms with Crippen molar-refractivity contribution < 1.29 is 0 Å². The maximum absolute atomic E-state index is 4.08. The van der Waals surface area contributed by atoms with E-state index in [1.54, 1.807) is 0 Å². The largest absolute Gasteiger partial charge is 0.335 e. The predicted octanol–water partition coefficient (Wildman–Crippen LogP) is 2.88. The smallest absolute Gasteiger partial charge is 0.142 e. The van der Waals surface area contributed by atoms with E-state index in [0.717, 1.165) is 6.42 Å². The highest BCUT2D eigenvalue weighted by Gasteiger charge is 2.36. The summed E-state index contributed by atoms with van der Waals surface area (Å²) < 4.78 is 2.14. The Labute approximate surface area is 83.4 Å². The zero-order valence-electron chi connectivity index (χ0n) is 8.20. The third-order valence-corrected chi connectivity index (χ3v) is 2.78. The molecule has 0 aromatic carbocycles. The van der Waals surface area contributed by atoms with Gasteiger partial charge in [-0.15, -0.1) is 0 Å². The molecule has 0 atom stereocenters. The summed E-state index contributed by atoms with van der Waals surface area (Å²) in [4.78, 5) is 2.26. The third-order valence-electron chi connectivity index (χ3n) is 2.78. The van der Waals surface area contributed by atoms with Crippen molar-refractivity contribution >= 4 is 11.5 Å². The molecule has 0 N–H and O–H groups in total. The Hall–Kier alpha value is -1.70. The molecule has 2 heteroatoms. The van der Waals surface area contributed by atoms with E-state index in [4.69, 9.17) is 0 Å². The van der Waals surface area contributed by atoms with Crippen LogP contribution in [0.4, 0.5) is 11.5 Å². The summed E-state index contributed by atoms with van der Waals surface area (Å²) >= 11 is 0. The Balaban J connectivity index is 1.97. The zero-order chi connectivity index (χ0) is 9.71. The van der Waals surface area contributed by atoms with Crippen molar-refractivity contribution in [1.82, 2.24) is 4.57 Å². The lowest BCUT2D eigenvalue weighted by molar-refractivity contribution is 0.930. The SMILES string of the molecule is C=C1CC=CC=C1N1c2ccn(C)c21. The van der Waals surface area contributed by atoms with Crippen LogP contribution in [0.2, 0.25) is 0 Å². The molecule has 1 aliphatic heterocycles. The maximum Gasteiger partial charge on any atom is 0.142 e. The van der Waals surface area contributed by atoms with Crippen molar-refractivity contribution in [3.63, 3.8) is 0 Å². The normalized spacial score (nSPS) is 18.2. The molecule has 2 heterocycles. The highest BCUT2D eigenvalue weighted by atomic mass is 15.4. The molecule has 3 rings (SSSR count). The first kappa shape index (κ1) is 7.68. The van der Waals surface area contributed by atoms with Crippen molar-refractivity contribution in [2.45, 2.75) is 6.42 Å². The Morgan fingerprint density at radius 1 is 1.43 bits per heavy atom. The average Bonchev–Trinajstić information content (AvgIpc) is 2.78. The predicted molar refractivity (Wildman–Crippen MR) is 58.5 cm³/mol. The van der Waals surface area contributed by atoms with Crippen molar-refractivity contribution in [3.05, 3.63) is 48.3 Å². The van der Waals surface area contributed by atoms with Gasteiger partial charge >= 0.3 is 0 Å². The monoisotopic (exact) mass is 184 g/mol. The van der Waals surface area contributed by atoms with Gasteiger partial charge in [0.1, 0.15) is 5.82 Å². The Morgan fingerprint density at radius 2 is 2.29 bits per heavy atom. The zero-order valence-corrected chi connectivity index (χ0v) is 8.20. The second-order valence-corrected chi connectivity index (χ2v) is 3.76. The Morgan fingerprint density at radius 3 is 2.93 bits per heavy atom. The van der Waals surface area contributed by atoms with Crippen molar-refractivity contribution in [2.24, 2.45) is 7.05 Å². The van der Waals surface area contributed by atoms with Gasteiger partial charge < -0.3 is 4.57 Å². The van der Waals surface area contributed by atoms with Gasteiger partial charge in [0.15, 0.2) is 0 Å². The van der Waals surface area contributed by atoms with Crippen LogP contribution in [-0.2, 0) is 7.05 Å². The molecular formula is C12H12N2. The molecule has 0 radical (unpaired) electrons. The number of aryl methyl sites for hydroxylation is 1. The summed E-state index contributed by atoms with van der Waals surface area (Å²) in [6.07, 6.45) is 9.42. The van der Waals surface area contributed by atoms with E-state index in [1.165, 1.54) is 22.8 Å². The third kappa shape index (κ3) is 0.854. The summed E-state index contributed by atoms with van der Waals surface area (Å²) in [5.74, 6) is 1.30. The molecule has 14 heavy (non-hydrogen) atoms. The van der Waals surface area contributed by atoms with Gasteiger partial charge in [0.05, 0.1) is 11.4 Å². The first-order valence-corrected chi connectivity index (χ1v) is 4.79. The van der Waals surface area contributed by atoms with Gasteiger partial charge in [-0.25, -0.2) is 0 Å². The van der Waals surface area contributed by atoms with E-state index < -0.39 is 0 Å². The lowest BCUT2D eigenvalue weighted by Gasteiger charge is -2.14. The molecule has 0 saturated heterocycles. The number of hydrogen-bond donors (Lipinski definition) is 0. The van der Waals surface area contributed by atoms with Crippen LogP contribution in [0.1, 0.15) is 6.42 Å². The van der Waals surface area contributed by atoms with Gasteiger partial charge in [-0.05, 0) is 24.1 Å². The summed E-state index contributed by atoms with van der Waals surface area (Å²) in [5, 5.41) is 0. The van der Waals surface area contributed by atoms with E-state index in [1.807, 2.05) is 0 Å². The number of rotatable bonds is 1. The summed E-state index contributed by atoms with van der Waals surface area (Å²) in [7, 11) is 2.07. The standard InChI is InChI=1S/C12H12N2/c1-9-5-3-4-6-10(9)14-11-7-8-13(2)12(11)14/h3-4,6-8H,1,5H2,2H3. The lowest BCUT2D eigenvalue weighted by Crippen LogP contribution is -2.07. The molecule has 1 aliphatic carbocycles. The van der Waals surface area contributed by atoms with Crippen LogP contribution in [0.25, 0.3) is 0 Å². The van der Waals surface area contributed by atoms with E-state index in [0.29, 0.717) is 0 Å². The molecule has 1 aromatic rings. The minimum absolute atomic E-state index is 0.969. The molecule has 0 fully saturated rings. The van der Waals surface area contributed by atoms with Gasteiger partial charge in [-0.1, -0.05) is 18.7 Å². The van der Waals surface area contributed by atoms with Crippen molar-refractivity contribution in [3.8, 4) is 0 Å². The Bertz CT molecular complexity index is 475. The second-order valence-electron chi connectivity index (χ2n) is 3.76. The van der Waals surface area contributed by atoms with Gasteiger partial charge in [0, 0.05) is 13.2 Å². The summed E-state index contributed by atoms with van der Waals surface area (Å²) in [6, 6.07) is 2.14. The molecule has 0 spiro atoms. The van der Waals surface area contributed by atoms with Gasteiger partial charge in [-0.2, -0.15) is 0 Å². The fourth-order valence-electron chi connectivity index (χ4n) is 1.98. The summed E-state index contributed by atoms with van der Waals surface area (Å²) in [6.45, 7) is 4.08. The second kappa shape index (κ2) is 2.41. The molecule has 0 bridgehead atoms. The van der Waals surface area contributed by atoms with E-state index in [2.05, 4.69) is 53.6 Å². The first-order valence-electron chi connectivity index (χ1n) is 4.79. The van der Waals surface area contributed by atoms with Gasteiger partial charge in [-0.3, -0.25) is 4.90 Å². The molecule has 2 nitrogen and oxygen atoms in total. The fourth-order valence-corrected chi connectivity index (χ4v) is 1.98. The van der Waals surface area contributed by atoms with Crippen LogP contribution in [0, 0.1) is 0 Å². The minimum Gasteiger partial charge on any atom is -0.335 e. The van der Waals surface area contributed by atoms with Crippen LogP contribution < -0.4 is 4.90 Å². The molecule has 0 saturated carbocycles. The number of allylic oxidation sites excluding steroid dienone is 4. The van der Waals surface area contributed by atoms with Gasteiger partial charge in [0.25, 0.3) is 0 Å². The van der Waals surface area contributed by atoms with Crippen LogP contribution >= 0.6 is 0 Å². The molecule has 0 unspecified atom stereocenters. The van der Waals surface area contributed by atoms with Crippen molar-refractivity contribution in [1.29, 1.82) is 0 Å². The topological polar surface area (TPSA) is 7.94 Å². The van der Waals surface area contributed by atoms with E-state index in [-0.39, 0.29) is 0 Å². The van der Waals surface area contributed by atoms with Crippen LogP contribution in [-0.4, -0.2) is 4.57 Å². The maximum atomic E-state index is 4.08. The molecule has 1 aromatic heterocycles. The molecule has 2 aliphatic rings. The number of anilines is 2. The van der Waals surface area contributed by atoms with Crippen LogP contribution in [0.5, 0.6) is 0 Å². The fraction of sp³-hybridized carbons (Fsp3) is 0.167. The molecule has 70 valence electrons. The number of hydrogen-bond acceptors (Lipinski definition) is 1. The highest BCUT2D eigenvalue weighted by molar-refractivity contribution is 5.95. The van der Waals surface area contributed by atoms with E-state index >= 15 is 0 Å². The molecular weight excluding hydrogens is 172 g/mol. The average molecular weight is 184 g/mol. The van der Waals surface area contributed by atoms with Crippen molar-refractivity contribution in [2.75, 3.05) is 4.90 Å². The summed E-state index contributed by atoms with van der Waals surface area (Å²) in [5.41, 5.74) is 3.76. The molecule has 0 amide bonds. The minimum atomic E-state index is 0.969. The number of aromatic nitrogens is 1. The van der Waals surface area contributed by atoms with E-state index in [9.17, 15) is 0 Å². The Kier molecular flexibility index (Phi) is 1.32. The number of nitrogens with zero attached hydrogens (tertiary/aromatic N) is 2. The first-order chi connectivity index (χ1) is 6.79. The number of fused-ring (bicyclic) bond motifs is 1. The highest BCUT2D eigenvalue weighted by Crippen LogP contribution is 2.52. The van der Waals surface area contributed by atoms with Gasteiger partial charge in [0.2, 0.25) is 0 Å². The quantitative estimate of drug-likeness (QED) is 0.609. The lowest BCUT2D eigenvalue weighted by atomic mass is 10.1. The van der Waals surface area contributed by atoms with Crippen LogP contribution in [0.15, 0.2) is 48.3 Å². The van der Waals surface area contributed by atoms with Crippen LogP contribution in [0.3, 0.4) is 0 Å².